The van der Waals surface area contributed by atoms with Crippen molar-refractivity contribution in [2.75, 3.05) is 25.5 Å². The van der Waals surface area contributed by atoms with Gasteiger partial charge in [-0.25, -0.2) is 4.68 Å². The summed E-state index contributed by atoms with van der Waals surface area (Å²) in [5.74, 6) is 0.606. The number of unbranched alkanes of at least 4 members (excludes halogenated alkanes) is 1. The summed E-state index contributed by atoms with van der Waals surface area (Å²) in [5, 5.41) is 8.46. The van der Waals surface area contributed by atoms with Gasteiger partial charge >= 0.3 is 0 Å². The number of aromatic nitrogens is 2. The molecule has 2 aromatic carbocycles. The molecule has 7 nitrogen and oxygen atoms in total. The van der Waals surface area contributed by atoms with E-state index in [1.165, 1.54) is 0 Å². The van der Waals surface area contributed by atoms with E-state index in [9.17, 15) is 9.59 Å². The summed E-state index contributed by atoms with van der Waals surface area (Å²) in [6.07, 6.45) is 1.68. The molecule has 9 heteroatoms. The van der Waals surface area contributed by atoms with Gasteiger partial charge < -0.3 is 15.0 Å². The Morgan fingerprint density at radius 1 is 1.06 bits per heavy atom. The maximum absolute atomic E-state index is 13.2. The molecule has 1 N–H and O–H groups in total. The minimum absolute atomic E-state index is 0.0950. The molecule has 3 rings (SSSR count). The van der Waals surface area contributed by atoms with Gasteiger partial charge in [-0.1, -0.05) is 57.3 Å². The summed E-state index contributed by atoms with van der Waals surface area (Å²) in [7, 11) is 1.57. The molecule has 0 spiro atoms. The van der Waals surface area contributed by atoms with Crippen molar-refractivity contribution in [2.24, 2.45) is 0 Å². The van der Waals surface area contributed by atoms with E-state index in [1.807, 2.05) is 33.8 Å². The largest absolute Gasteiger partial charge is 0.497 e. The zero-order chi connectivity index (χ0) is 26.5. The average molecular weight is 531 g/mol. The van der Waals surface area contributed by atoms with Crippen molar-refractivity contribution >= 4 is 40.8 Å². The number of hydrogen-bond donors (Lipinski definition) is 1. The third-order valence-corrected chi connectivity index (χ3v) is 6.37. The van der Waals surface area contributed by atoms with Gasteiger partial charge in [0.05, 0.1) is 28.5 Å². The predicted molar refractivity (Wildman–Crippen MR) is 145 cm³/mol. The first kappa shape index (κ1) is 27.6. The summed E-state index contributed by atoms with van der Waals surface area (Å²) >= 11 is 12.3. The van der Waals surface area contributed by atoms with Crippen LogP contribution in [-0.2, 0) is 10.2 Å². The number of halogens is 2. The molecule has 36 heavy (non-hydrogen) atoms. The maximum atomic E-state index is 13.2. The van der Waals surface area contributed by atoms with Crippen LogP contribution in [0.5, 0.6) is 5.75 Å². The van der Waals surface area contributed by atoms with Crippen molar-refractivity contribution in [1.29, 1.82) is 0 Å². The highest BCUT2D eigenvalue weighted by molar-refractivity contribution is 6.42. The number of ether oxygens (including phenoxy) is 1. The van der Waals surface area contributed by atoms with Crippen LogP contribution in [0.1, 0.15) is 56.6 Å². The van der Waals surface area contributed by atoms with Gasteiger partial charge in [0.15, 0.2) is 0 Å². The standard InChI is InChI=1S/C27H32Cl2N4O3/c1-6-7-14-32(26(35)18-8-11-20(36-5)12-9-18)17-25(34)30-24-16-23(27(2,3)4)31-33(24)19-10-13-21(28)22(29)15-19/h8-13,15-16H,6-7,14,17H2,1-5H3,(H,30,34). The fourth-order valence-electron chi connectivity index (χ4n) is 3.52. The number of benzene rings is 2. The van der Waals surface area contributed by atoms with Crippen LogP contribution in [0.2, 0.25) is 10.0 Å². The lowest BCUT2D eigenvalue weighted by atomic mass is 9.92. The molecule has 0 aliphatic rings. The van der Waals surface area contributed by atoms with E-state index in [0.29, 0.717) is 39.4 Å². The number of anilines is 1. The summed E-state index contributed by atoms with van der Waals surface area (Å²) in [4.78, 5) is 27.9. The molecule has 0 aliphatic carbocycles. The van der Waals surface area contributed by atoms with E-state index in [-0.39, 0.29) is 23.8 Å². The molecule has 0 saturated carbocycles. The number of hydrogen-bond acceptors (Lipinski definition) is 4. The van der Waals surface area contributed by atoms with Gasteiger partial charge in [-0.05, 0) is 48.9 Å². The Bertz CT molecular complexity index is 1220. The Morgan fingerprint density at radius 3 is 2.33 bits per heavy atom. The molecular weight excluding hydrogens is 499 g/mol. The Morgan fingerprint density at radius 2 is 1.75 bits per heavy atom. The first-order chi connectivity index (χ1) is 17.0. The van der Waals surface area contributed by atoms with Crippen LogP contribution in [0.15, 0.2) is 48.5 Å². The summed E-state index contributed by atoms with van der Waals surface area (Å²) in [6.45, 7) is 8.54. The third-order valence-electron chi connectivity index (χ3n) is 5.63. The molecule has 2 amide bonds. The van der Waals surface area contributed by atoms with Gasteiger partial charge in [0, 0.05) is 23.6 Å². The number of nitrogens with zero attached hydrogens (tertiary/aromatic N) is 3. The third kappa shape index (κ3) is 6.80. The van der Waals surface area contributed by atoms with Gasteiger partial charge in [-0.2, -0.15) is 5.10 Å². The molecule has 0 bridgehead atoms. The van der Waals surface area contributed by atoms with Crippen LogP contribution in [0, 0.1) is 0 Å². The summed E-state index contributed by atoms with van der Waals surface area (Å²) in [6, 6.07) is 13.9. The maximum Gasteiger partial charge on any atom is 0.254 e. The van der Waals surface area contributed by atoms with Gasteiger partial charge in [-0.15, -0.1) is 0 Å². The first-order valence-electron chi connectivity index (χ1n) is 11.8. The van der Waals surface area contributed by atoms with Crippen LogP contribution in [0.4, 0.5) is 5.82 Å². The highest BCUT2D eigenvalue weighted by atomic mass is 35.5. The highest BCUT2D eigenvalue weighted by Gasteiger charge is 2.24. The van der Waals surface area contributed by atoms with Crippen LogP contribution in [-0.4, -0.2) is 46.7 Å². The number of carbonyl (C=O) groups is 2. The van der Waals surface area contributed by atoms with Gasteiger partial charge in [-0.3, -0.25) is 9.59 Å². The van der Waals surface area contributed by atoms with E-state index in [2.05, 4.69) is 5.32 Å². The minimum atomic E-state index is -0.324. The van der Waals surface area contributed by atoms with E-state index < -0.39 is 0 Å². The fraction of sp³-hybridized carbons (Fsp3) is 0.370. The van der Waals surface area contributed by atoms with E-state index in [0.717, 1.165) is 18.5 Å². The van der Waals surface area contributed by atoms with E-state index >= 15 is 0 Å². The Hall–Kier alpha value is -3.03. The lowest BCUT2D eigenvalue weighted by Gasteiger charge is -2.22. The molecule has 0 fully saturated rings. The lowest BCUT2D eigenvalue weighted by Crippen LogP contribution is -2.39. The Balaban J connectivity index is 1.86. The predicted octanol–water partition coefficient (Wildman–Crippen LogP) is 6.37. The van der Waals surface area contributed by atoms with Gasteiger partial charge in [0.1, 0.15) is 18.1 Å². The van der Waals surface area contributed by atoms with Crippen molar-refractivity contribution in [1.82, 2.24) is 14.7 Å². The number of rotatable bonds is 9. The van der Waals surface area contributed by atoms with Crippen molar-refractivity contribution in [2.45, 2.75) is 46.0 Å². The normalized spacial score (nSPS) is 11.3. The van der Waals surface area contributed by atoms with Crippen molar-refractivity contribution < 1.29 is 14.3 Å². The van der Waals surface area contributed by atoms with Gasteiger partial charge in [0.25, 0.3) is 5.91 Å². The molecule has 0 radical (unpaired) electrons. The highest BCUT2D eigenvalue weighted by Crippen LogP contribution is 2.29. The minimum Gasteiger partial charge on any atom is -0.497 e. The lowest BCUT2D eigenvalue weighted by molar-refractivity contribution is -0.117. The summed E-state index contributed by atoms with van der Waals surface area (Å²) < 4.78 is 6.81. The van der Waals surface area contributed by atoms with Gasteiger partial charge in [0.2, 0.25) is 5.91 Å². The van der Waals surface area contributed by atoms with E-state index in [4.69, 9.17) is 33.0 Å². The molecule has 1 heterocycles. The molecule has 192 valence electrons. The van der Waals surface area contributed by atoms with Crippen LogP contribution in [0.3, 0.4) is 0 Å². The Labute approximate surface area is 222 Å². The SMILES string of the molecule is CCCCN(CC(=O)Nc1cc(C(C)(C)C)nn1-c1ccc(Cl)c(Cl)c1)C(=O)c1ccc(OC)cc1. The molecule has 3 aromatic rings. The number of nitrogens with one attached hydrogen (secondary N) is 1. The molecule has 0 unspecified atom stereocenters. The van der Waals surface area contributed by atoms with Crippen LogP contribution >= 0.6 is 23.2 Å². The summed E-state index contributed by atoms with van der Waals surface area (Å²) in [5.41, 5.74) is 1.70. The van der Waals surface area contributed by atoms with Crippen molar-refractivity contribution in [3.63, 3.8) is 0 Å². The number of amides is 2. The van der Waals surface area contributed by atoms with Crippen LogP contribution in [0.25, 0.3) is 5.69 Å². The van der Waals surface area contributed by atoms with Crippen molar-refractivity contribution in [3.8, 4) is 11.4 Å². The molecule has 0 atom stereocenters. The molecule has 0 aliphatic heterocycles. The molecule has 0 saturated heterocycles. The second-order valence-corrected chi connectivity index (χ2v) is 10.3. The fourth-order valence-corrected chi connectivity index (χ4v) is 3.82. The zero-order valence-electron chi connectivity index (χ0n) is 21.3. The topological polar surface area (TPSA) is 76.5 Å². The Kier molecular flexibility index (Phi) is 9.03. The quantitative estimate of drug-likeness (QED) is 0.348. The molecule has 1 aromatic heterocycles. The number of methoxy groups -OCH3 is 1. The smallest absolute Gasteiger partial charge is 0.254 e. The second-order valence-electron chi connectivity index (χ2n) is 9.53. The van der Waals surface area contributed by atoms with Crippen molar-refractivity contribution in [3.05, 3.63) is 69.8 Å². The number of carbonyl (C=O) groups excluding carboxylic acids is 2. The van der Waals surface area contributed by atoms with Crippen LogP contribution < -0.4 is 10.1 Å². The first-order valence-corrected chi connectivity index (χ1v) is 12.6. The van der Waals surface area contributed by atoms with E-state index in [1.54, 1.807) is 59.2 Å². The molecular formula is C27H32Cl2N4O3. The average Bonchev–Trinajstić information content (AvgIpc) is 3.27. The zero-order valence-corrected chi connectivity index (χ0v) is 22.8. The second kappa shape index (κ2) is 11.8. The monoisotopic (exact) mass is 530 g/mol.